The molecule has 0 aliphatic heterocycles. The van der Waals surface area contributed by atoms with E-state index in [4.69, 9.17) is 10.5 Å². The van der Waals surface area contributed by atoms with Crippen molar-refractivity contribution in [3.8, 4) is 16.9 Å². The number of pyridine rings is 1. The number of hydrogen-bond donors (Lipinski definition) is 1. The van der Waals surface area contributed by atoms with Crippen LogP contribution in [0.4, 0.5) is 10.1 Å². The number of hydrogen-bond acceptors (Lipinski definition) is 3. The van der Waals surface area contributed by atoms with Gasteiger partial charge in [0.2, 0.25) is 0 Å². The lowest BCUT2D eigenvalue weighted by Crippen LogP contribution is -1.96. The number of methoxy groups -OCH3 is 1. The first kappa shape index (κ1) is 10.4. The Morgan fingerprint density at radius 2 is 2.06 bits per heavy atom. The highest BCUT2D eigenvalue weighted by Gasteiger charge is 2.11. The van der Waals surface area contributed by atoms with Crippen molar-refractivity contribution < 1.29 is 9.13 Å². The molecule has 0 saturated heterocycles. The fourth-order valence-corrected chi connectivity index (χ4v) is 1.53. The van der Waals surface area contributed by atoms with Crippen LogP contribution < -0.4 is 10.5 Å². The van der Waals surface area contributed by atoms with Crippen molar-refractivity contribution in [2.45, 2.75) is 0 Å². The second-order valence-electron chi connectivity index (χ2n) is 3.28. The normalized spacial score (nSPS) is 10.1. The maximum absolute atomic E-state index is 13.3. The third-order valence-electron chi connectivity index (χ3n) is 2.34. The number of halogens is 1. The summed E-state index contributed by atoms with van der Waals surface area (Å²) in [5.41, 5.74) is 7.06. The van der Waals surface area contributed by atoms with E-state index in [9.17, 15) is 4.39 Å². The molecule has 0 saturated carbocycles. The highest BCUT2D eigenvalue weighted by atomic mass is 19.1. The van der Waals surface area contributed by atoms with Crippen LogP contribution in [-0.4, -0.2) is 12.1 Å². The predicted octanol–water partition coefficient (Wildman–Crippen LogP) is 2.48. The Balaban J connectivity index is 2.63. The van der Waals surface area contributed by atoms with Crippen LogP contribution in [0.5, 0.6) is 5.75 Å². The van der Waals surface area contributed by atoms with E-state index in [1.807, 2.05) is 0 Å². The maximum Gasteiger partial charge on any atom is 0.146 e. The number of benzene rings is 1. The smallest absolute Gasteiger partial charge is 0.146 e. The van der Waals surface area contributed by atoms with Crippen LogP contribution in [-0.2, 0) is 0 Å². The minimum absolute atomic E-state index is 0.105. The van der Waals surface area contributed by atoms with Crippen molar-refractivity contribution >= 4 is 5.69 Å². The molecule has 4 heteroatoms. The second kappa shape index (κ2) is 4.18. The molecule has 1 heterocycles. The van der Waals surface area contributed by atoms with Crippen molar-refractivity contribution in [2.75, 3.05) is 12.8 Å². The summed E-state index contributed by atoms with van der Waals surface area (Å²) in [6.07, 6.45) is 3.21. The summed E-state index contributed by atoms with van der Waals surface area (Å²) in [7, 11) is 1.55. The van der Waals surface area contributed by atoms with Crippen LogP contribution in [0.25, 0.3) is 11.1 Å². The Hall–Kier alpha value is -2.10. The molecule has 0 unspecified atom stereocenters. The summed E-state index contributed by atoms with van der Waals surface area (Å²) >= 11 is 0. The molecule has 1 aromatic heterocycles. The second-order valence-corrected chi connectivity index (χ2v) is 3.28. The van der Waals surface area contributed by atoms with Gasteiger partial charge in [0.05, 0.1) is 12.8 Å². The molecule has 0 amide bonds. The number of rotatable bonds is 2. The van der Waals surface area contributed by atoms with E-state index in [-0.39, 0.29) is 5.69 Å². The molecular weight excluding hydrogens is 207 g/mol. The zero-order chi connectivity index (χ0) is 11.5. The van der Waals surface area contributed by atoms with Gasteiger partial charge in [0.25, 0.3) is 0 Å². The standard InChI is InChI=1S/C12H11FN2O/c1-16-11-5-6-15-7-9(11)8-3-2-4-10(13)12(8)14/h2-7H,14H2,1H3. The summed E-state index contributed by atoms with van der Waals surface area (Å²) in [5.74, 6) is 0.177. The number of aromatic nitrogens is 1. The van der Waals surface area contributed by atoms with E-state index in [0.29, 0.717) is 16.9 Å². The molecule has 16 heavy (non-hydrogen) atoms. The average molecular weight is 218 g/mol. The number of nitrogen functional groups attached to an aromatic ring is 1. The quantitative estimate of drug-likeness (QED) is 0.788. The molecule has 0 aliphatic rings. The summed E-state index contributed by atoms with van der Waals surface area (Å²) in [5, 5.41) is 0. The molecule has 3 nitrogen and oxygen atoms in total. The molecule has 0 spiro atoms. The highest BCUT2D eigenvalue weighted by molar-refractivity contribution is 5.80. The SMILES string of the molecule is COc1ccncc1-c1cccc(F)c1N. The first-order valence-corrected chi connectivity index (χ1v) is 4.76. The third kappa shape index (κ3) is 1.69. The monoisotopic (exact) mass is 218 g/mol. The highest BCUT2D eigenvalue weighted by Crippen LogP contribution is 2.33. The van der Waals surface area contributed by atoms with Gasteiger partial charge in [-0.2, -0.15) is 0 Å². The van der Waals surface area contributed by atoms with Crippen molar-refractivity contribution in [2.24, 2.45) is 0 Å². The van der Waals surface area contributed by atoms with E-state index < -0.39 is 5.82 Å². The van der Waals surface area contributed by atoms with Crippen LogP contribution in [0.3, 0.4) is 0 Å². The van der Waals surface area contributed by atoms with E-state index in [1.54, 1.807) is 37.7 Å². The summed E-state index contributed by atoms with van der Waals surface area (Å²) < 4.78 is 18.5. The van der Waals surface area contributed by atoms with Gasteiger partial charge in [-0.3, -0.25) is 4.98 Å². The predicted molar refractivity (Wildman–Crippen MR) is 60.6 cm³/mol. The van der Waals surface area contributed by atoms with Crippen LogP contribution in [0.1, 0.15) is 0 Å². The van der Waals surface area contributed by atoms with Crippen LogP contribution >= 0.6 is 0 Å². The Bertz CT molecular complexity index is 514. The summed E-state index contributed by atoms with van der Waals surface area (Å²) in [6.45, 7) is 0. The molecule has 2 rings (SSSR count). The first-order valence-electron chi connectivity index (χ1n) is 4.76. The van der Waals surface area contributed by atoms with E-state index in [2.05, 4.69) is 4.98 Å². The van der Waals surface area contributed by atoms with Gasteiger partial charge >= 0.3 is 0 Å². The number of nitrogens with zero attached hydrogens (tertiary/aromatic N) is 1. The lowest BCUT2D eigenvalue weighted by Gasteiger charge is -2.10. The zero-order valence-electron chi connectivity index (χ0n) is 8.77. The molecule has 82 valence electrons. The lowest BCUT2D eigenvalue weighted by molar-refractivity contribution is 0.416. The van der Waals surface area contributed by atoms with Gasteiger partial charge in [-0.15, -0.1) is 0 Å². The molecule has 0 aliphatic carbocycles. The van der Waals surface area contributed by atoms with Gasteiger partial charge in [0.1, 0.15) is 11.6 Å². The fraction of sp³-hybridized carbons (Fsp3) is 0.0833. The minimum atomic E-state index is -0.441. The molecule has 0 bridgehead atoms. The van der Waals surface area contributed by atoms with Crippen molar-refractivity contribution in [1.29, 1.82) is 0 Å². The molecule has 0 radical (unpaired) electrons. The maximum atomic E-state index is 13.3. The van der Waals surface area contributed by atoms with Gasteiger partial charge in [0.15, 0.2) is 0 Å². The third-order valence-corrected chi connectivity index (χ3v) is 2.34. The Kier molecular flexibility index (Phi) is 2.72. The zero-order valence-corrected chi connectivity index (χ0v) is 8.77. The number of nitrogens with two attached hydrogens (primary N) is 1. The largest absolute Gasteiger partial charge is 0.496 e. The number of ether oxygens (including phenoxy) is 1. The van der Waals surface area contributed by atoms with E-state index >= 15 is 0 Å². The number of anilines is 1. The Morgan fingerprint density at radius 1 is 1.25 bits per heavy atom. The van der Waals surface area contributed by atoms with E-state index in [1.165, 1.54) is 6.07 Å². The molecular formula is C12H11FN2O. The molecule has 0 fully saturated rings. The van der Waals surface area contributed by atoms with Crippen LogP contribution in [0.2, 0.25) is 0 Å². The van der Waals surface area contributed by atoms with Gasteiger partial charge < -0.3 is 10.5 Å². The van der Waals surface area contributed by atoms with Gasteiger partial charge in [-0.1, -0.05) is 12.1 Å². The molecule has 2 aromatic rings. The van der Waals surface area contributed by atoms with Crippen molar-refractivity contribution in [1.82, 2.24) is 4.98 Å². The van der Waals surface area contributed by atoms with Crippen molar-refractivity contribution in [3.05, 3.63) is 42.5 Å². The Labute approximate surface area is 92.7 Å². The van der Waals surface area contributed by atoms with Crippen molar-refractivity contribution in [3.63, 3.8) is 0 Å². The molecule has 1 aromatic carbocycles. The fourth-order valence-electron chi connectivity index (χ4n) is 1.53. The summed E-state index contributed by atoms with van der Waals surface area (Å²) in [4.78, 5) is 3.98. The van der Waals surface area contributed by atoms with Gasteiger partial charge in [-0.05, 0) is 12.1 Å². The first-order chi connectivity index (χ1) is 7.74. The molecule has 0 atom stereocenters. The molecule has 2 N–H and O–H groups in total. The minimum Gasteiger partial charge on any atom is -0.496 e. The Morgan fingerprint density at radius 3 is 2.81 bits per heavy atom. The topological polar surface area (TPSA) is 48.1 Å². The number of para-hydroxylation sites is 1. The van der Waals surface area contributed by atoms with Crippen LogP contribution in [0, 0.1) is 5.82 Å². The van der Waals surface area contributed by atoms with E-state index in [0.717, 1.165) is 0 Å². The van der Waals surface area contributed by atoms with Gasteiger partial charge in [0, 0.05) is 23.5 Å². The lowest BCUT2D eigenvalue weighted by atomic mass is 10.0. The summed E-state index contributed by atoms with van der Waals surface area (Å²) in [6, 6.07) is 6.37. The van der Waals surface area contributed by atoms with Crippen LogP contribution in [0.15, 0.2) is 36.7 Å². The van der Waals surface area contributed by atoms with Gasteiger partial charge in [-0.25, -0.2) is 4.39 Å². The average Bonchev–Trinajstić information content (AvgIpc) is 2.33.